The average Bonchev–Trinajstić information content (AvgIpc) is 2.41. The number of amides is 3. The van der Waals surface area contributed by atoms with Gasteiger partial charge < -0.3 is 20.2 Å². The summed E-state index contributed by atoms with van der Waals surface area (Å²) in [5, 5.41) is 11.5. The molecule has 2 rings (SSSR count). The molecule has 3 amide bonds. The third-order valence-corrected chi connectivity index (χ3v) is 3.75. The lowest BCUT2D eigenvalue weighted by Gasteiger charge is -2.40. The first-order valence-electron chi connectivity index (χ1n) is 6.76. The van der Waals surface area contributed by atoms with Gasteiger partial charge in [-0.25, -0.2) is 4.79 Å². The molecule has 0 saturated carbocycles. The number of aliphatic carboxylic acids is 1. The molecule has 0 aromatic heterocycles. The number of carboxylic acids is 1. The molecule has 20 heavy (non-hydrogen) atoms. The number of carbonyl (C=O) groups excluding carboxylic acids is 2. The lowest BCUT2D eigenvalue weighted by Crippen LogP contribution is -2.61. The van der Waals surface area contributed by atoms with Gasteiger partial charge in [0.25, 0.3) is 0 Å². The van der Waals surface area contributed by atoms with Crippen molar-refractivity contribution in [2.45, 2.75) is 13.0 Å². The first-order valence-corrected chi connectivity index (χ1v) is 6.76. The van der Waals surface area contributed by atoms with Crippen LogP contribution in [0.5, 0.6) is 0 Å². The molecule has 2 saturated heterocycles. The van der Waals surface area contributed by atoms with E-state index in [9.17, 15) is 14.4 Å². The van der Waals surface area contributed by atoms with Crippen LogP contribution in [0.15, 0.2) is 0 Å². The summed E-state index contributed by atoms with van der Waals surface area (Å²) in [6.07, 6.45) is 0. The lowest BCUT2D eigenvalue weighted by molar-refractivity contribution is -0.138. The molecule has 0 aromatic rings. The van der Waals surface area contributed by atoms with E-state index in [4.69, 9.17) is 5.11 Å². The Hall–Kier alpha value is -1.83. The fraction of sp³-hybridized carbons (Fsp3) is 0.750. The minimum atomic E-state index is -0.855. The van der Waals surface area contributed by atoms with Crippen LogP contribution in [0.3, 0.4) is 0 Å². The van der Waals surface area contributed by atoms with Crippen LogP contribution in [0.25, 0.3) is 0 Å². The molecule has 2 heterocycles. The molecular formula is C12H20N4O4. The molecule has 2 fully saturated rings. The van der Waals surface area contributed by atoms with E-state index in [1.54, 1.807) is 21.6 Å². The Morgan fingerprint density at radius 3 is 2.50 bits per heavy atom. The van der Waals surface area contributed by atoms with E-state index in [1.807, 2.05) is 0 Å². The molecule has 0 radical (unpaired) electrons. The fourth-order valence-electron chi connectivity index (χ4n) is 2.51. The third-order valence-electron chi connectivity index (χ3n) is 3.75. The third kappa shape index (κ3) is 3.19. The Morgan fingerprint density at radius 2 is 1.90 bits per heavy atom. The fourth-order valence-corrected chi connectivity index (χ4v) is 2.51. The van der Waals surface area contributed by atoms with Gasteiger partial charge in [0.2, 0.25) is 5.91 Å². The van der Waals surface area contributed by atoms with E-state index >= 15 is 0 Å². The second-order valence-electron chi connectivity index (χ2n) is 5.10. The predicted octanol–water partition coefficient (Wildman–Crippen LogP) is -1.37. The maximum Gasteiger partial charge on any atom is 0.320 e. The van der Waals surface area contributed by atoms with Crippen molar-refractivity contribution in [3.05, 3.63) is 0 Å². The first kappa shape index (κ1) is 14.6. The standard InChI is InChI=1S/C12H20N4O4/c1-9-11(19)13-2-3-16(9)12(20)15-6-4-14(5-7-15)8-10(17)18/h9H,2-8H2,1H3,(H,13,19)(H,17,18). The van der Waals surface area contributed by atoms with Crippen LogP contribution in [0, 0.1) is 0 Å². The van der Waals surface area contributed by atoms with E-state index in [2.05, 4.69) is 5.32 Å². The van der Waals surface area contributed by atoms with Gasteiger partial charge in [0.05, 0.1) is 6.54 Å². The molecular weight excluding hydrogens is 264 g/mol. The van der Waals surface area contributed by atoms with Gasteiger partial charge in [0, 0.05) is 39.3 Å². The van der Waals surface area contributed by atoms with Gasteiger partial charge in [-0.3, -0.25) is 14.5 Å². The Balaban J connectivity index is 1.88. The highest BCUT2D eigenvalue weighted by atomic mass is 16.4. The van der Waals surface area contributed by atoms with E-state index < -0.39 is 12.0 Å². The molecule has 8 nitrogen and oxygen atoms in total. The van der Waals surface area contributed by atoms with Crippen LogP contribution in [0.2, 0.25) is 0 Å². The maximum atomic E-state index is 12.4. The topological polar surface area (TPSA) is 93.2 Å². The van der Waals surface area contributed by atoms with Crippen LogP contribution < -0.4 is 5.32 Å². The Morgan fingerprint density at radius 1 is 1.25 bits per heavy atom. The van der Waals surface area contributed by atoms with Crippen molar-refractivity contribution in [3.8, 4) is 0 Å². The summed E-state index contributed by atoms with van der Waals surface area (Å²) in [5.41, 5.74) is 0. The summed E-state index contributed by atoms with van der Waals surface area (Å²) >= 11 is 0. The maximum absolute atomic E-state index is 12.4. The highest BCUT2D eigenvalue weighted by Gasteiger charge is 2.33. The molecule has 2 aliphatic heterocycles. The SMILES string of the molecule is CC1C(=O)NCCN1C(=O)N1CCN(CC(=O)O)CC1. The number of nitrogens with one attached hydrogen (secondary N) is 1. The van der Waals surface area contributed by atoms with Crippen molar-refractivity contribution >= 4 is 17.9 Å². The second-order valence-corrected chi connectivity index (χ2v) is 5.10. The quantitative estimate of drug-likeness (QED) is 0.652. The van der Waals surface area contributed by atoms with Gasteiger partial charge in [-0.1, -0.05) is 0 Å². The summed E-state index contributed by atoms with van der Waals surface area (Å²) in [5.74, 6) is -0.986. The number of urea groups is 1. The number of hydrogen-bond acceptors (Lipinski definition) is 4. The Bertz CT molecular complexity index is 406. The summed E-state index contributed by atoms with van der Waals surface area (Å²) in [6, 6.07) is -0.587. The van der Waals surface area contributed by atoms with Crippen LogP contribution in [0.4, 0.5) is 4.79 Å². The van der Waals surface area contributed by atoms with Crippen molar-refractivity contribution in [1.29, 1.82) is 0 Å². The normalized spacial score (nSPS) is 24.4. The van der Waals surface area contributed by atoms with Gasteiger partial charge in [-0.2, -0.15) is 0 Å². The molecule has 0 spiro atoms. The molecule has 112 valence electrons. The Kier molecular flexibility index (Phi) is 4.43. The van der Waals surface area contributed by atoms with Crippen LogP contribution in [0.1, 0.15) is 6.92 Å². The number of nitrogens with zero attached hydrogens (tertiary/aromatic N) is 3. The number of rotatable bonds is 2. The molecule has 1 atom stereocenters. The first-order chi connectivity index (χ1) is 9.49. The molecule has 8 heteroatoms. The van der Waals surface area contributed by atoms with Crippen molar-refractivity contribution in [3.63, 3.8) is 0 Å². The van der Waals surface area contributed by atoms with E-state index in [1.165, 1.54) is 0 Å². The van der Waals surface area contributed by atoms with E-state index in [-0.39, 0.29) is 18.5 Å². The number of hydrogen-bond donors (Lipinski definition) is 2. The Labute approximate surface area is 117 Å². The van der Waals surface area contributed by atoms with Crippen molar-refractivity contribution < 1.29 is 19.5 Å². The molecule has 0 bridgehead atoms. The molecule has 0 aromatic carbocycles. The van der Waals surface area contributed by atoms with Crippen molar-refractivity contribution in [1.82, 2.24) is 20.0 Å². The molecule has 2 aliphatic rings. The van der Waals surface area contributed by atoms with Crippen molar-refractivity contribution in [2.24, 2.45) is 0 Å². The van der Waals surface area contributed by atoms with Crippen LogP contribution in [-0.4, -0.2) is 89.6 Å². The van der Waals surface area contributed by atoms with Crippen molar-refractivity contribution in [2.75, 3.05) is 45.8 Å². The summed E-state index contributed by atoms with van der Waals surface area (Å²) < 4.78 is 0. The van der Waals surface area contributed by atoms with Gasteiger partial charge in [-0.05, 0) is 6.92 Å². The number of carbonyl (C=O) groups is 3. The van der Waals surface area contributed by atoms with E-state index in [0.29, 0.717) is 39.3 Å². The average molecular weight is 284 g/mol. The lowest BCUT2D eigenvalue weighted by atomic mass is 10.2. The smallest absolute Gasteiger partial charge is 0.320 e. The zero-order valence-electron chi connectivity index (χ0n) is 11.5. The zero-order valence-corrected chi connectivity index (χ0v) is 11.5. The van der Waals surface area contributed by atoms with Gasteiger partial charge >= 0.3 is 12.0 Å². The monoisotopic (exact) mass is 284 g/mol. The van der Waals surface area contributed by atoms with Gasteiger partial charge in [0.15, 0.2) is 0 Å². The summed E-state index contributed by atoms with van der Waals surface area (Å²) in [7, 11) is 0. The number of piperazine rings is 2. The zero-order chi connectivity index (χ0) is 14.7. The van der Waals surface area contributed by atoms with E-state index in [0.717, 1.165) is 0 Å². The molecule has 1 unspecified atom stereocenters. The van der Waals surface area contributed by atoms with Crippen LogP contribution in [-0.2, 0) is 9.59 Å². The molecule has 2 N–H and O–H groups in total. The summed E-state index contributed by atoms with van der Waals surface area (Å²) in [4.78, 5) is 39.6. The minimum Gasteiger partial charge on any atom is -0.480 e. The van der Waals surface area contributed by atoms with Gasteiger partial charge in [0.1, 0.15) is 6.04 Å². The highest BCUT2D eigenvalue weighted by Crippen LogP contribution is 2.11. The van der Waals surface area contributed by atoms with Gasteiger partial charge in [-0.15, -0.1) is 0 Å². The minimum absolute atomic E-state index is 0.00452. The van der Waals surface area contributed by atoms with Crippen LogP contribution >= 0.6 is 0 Å². The number of carboxylic acid groups (broad SMARTS) is 1. The molecule has 0 aliphatic carbocycles. The summed E-state index contributed by atoms with van der Waals surface area (Å²) in [6.45, 7) is 4.80. The highest BCUT2D eigenvalue weighted by molar-refractivity contribution is 5.87. The largest absolute Gasteiger partial charge is 0.480 e. The predicted molar refractivity (Wildman–Crippen MR) is 70.2 cm³/mol. The second kappa shape index (κ2) is 6.08.